The molecule has 2 aromatic carbocycles. The van der Waals surface area contributed by atoms with Crippen LogP contribution >= 0.6 is 0 Å². The Morgan fingerprint density at radius 3 is 2.61 bits per heavy atom. The number of methoxy groups -OCH3 is 1. The molecule has 0 radical (unpaired) electrons. The summed E-state index contributed by atoms with van der Waals surface area (Å²) in [5.41, 5.74) is 2.54. The highest BCUT2D eigenvalue weighted by molar-refractivity contribution is 6.48. The van der Waals surface area contributed by atoms with E-state index in [1.165, 1.54) is 6.42 Å². The van der Waals surface area contributed by atoms with E-state index in [0.717, 1.165) is 28.5 Å². The minimum atomic E-state index is -0.721. The second-order valence-corrected chi connectivity index (χ2v) is 11.4. The van der Waals surface area contributed by atoms with Crippen LogP contribution in [-0.4, -0.2) is 37.8 Å². The molecule has 0 spiro atoms. The van der Waals surface area contributed by atoms with Gasteiger partial charge >= 0.3 is 7.12 Å². The van der Waals surface area contributed by atoms with Crippen LogP contribution in [0.3, 0.4) is 0 Å². The molecule has 4 fully saturated rings. The van der Waals surface area contributed by atoms with Gasteiger partial charge in [-0.3, -0.25) is 4.79 Å². The molecule has 3 aromatic rings. The molecule has 6 nitrogen and oxygen atoms in total. The van der Waals surface area contributed by atoms with Gasteiger partial charge in [-0.2, -0.15) is 0 Å². The van der Waals surface area contributed by atoms with E-state index in [2.05, 4.69) is 26.1 Å². The SMILES string of the molecule is COC(C(=O)N[C@@H](Cc1coc2ccccc12)B1O[C@@H]2C[C@@H]3C[C@@H](C3(C)C)[C@]2(C)O1)c1ccccc1. The molecule has 7 rings (SSSR count). The molecule has 1 unspecified atom stereocenters. The summed E-state index contributed by atoms with van der Waals surface area (Å²) in [6.45, 7) is 6.90. The summed E-state index contributed by atoms with van der Waals surface area (Å²) in [7, 11) is 1.00. The van der Waals surface area contributed by atoms with E-state index in [0.29, 0.717) is 18.3 Å². The number of carbonyl (C=O) groups is 1. The van der Waals surface area contributed by atoms with Crippen molar-refractivity contribution in [2.45, 2.75) is 63.8 Å². The third kappa shape index (κ3) is 3.71. The van der Waals surface area contributed by atoms with Crippen molar-refractivity contribution in [1.82, 2.24) is 5.32 Å². The van der Waals surface area contributed by atoms with Gasteiger partial charge in [-0.25, -0.2) is 0 Å². The van der Waals surface area contributed by atoms with E-state index in [1.807, 2.05) is 54.6 Å². The van der Waals surface area contributed by atoms with E-state index >= 15 is 0 Å². The highest BCUT2D eigenvalue weighted by atomic mass is 16.7. The van der Waals surface area contributed by atoms with Crippen molar-refractivity contribution in [3.05, 3.63) is 72.0 Å². The van der Waals surface area contributed by atoms with E-state index in [4.69, 9.17) is 18.5 Å². The number of benzene rings is 2. The predicted octanol–water partition coefficient (Wildman–Crippen LogP) is 5.12. The molecular weight excluding hydrogens is 453 g/mol. The molecule has 188 valence electrons. The summed E-state index contributed by atoms with van der Waals surface area (Å²) in [6, 6.07) is 17.5. The van der Waals surface area contributed by atoms with E-state index in [-0.39, 0.29) is 23.0 Å². The number of hydrogen-bond acceptors (Lipinski definition) is 5. The molecule has 1 aliphatic heterocycles. The van der Waals surface area contributed by atoms with Gasteiger partial charge in [-0.15, -0.1) is 0 Å². The molecule has 2 bridgehead atoms. The summed E-state index contributed by atoms with van der Waals surface area (Å²) in [5, 5.41) is 4.27. The normalized spacial score (nSPS) is 29.9. The van der Waals surface area contributed by atoms with Gasteiger partial charge in [0.1, 0.15) is 5.58 Å². The largest absolute Gasteiger partial charge is 0.482 e. The maximum Gasteiger partial charge on any atom is 0.482 e. The summed E-state index contributed by atoms with van der Waals surface area (Å²) in [4.78, 5) is 13.5. The second kappa shape index (κ2) is 8.75. The minimum Gasteiger partial charge on any atom is -0.464 e. The lowest BCUT2D eigenvalue weighted by Gasteiger charge is -2.64. The van der Waals surface area contributed by atoms with Crippen LogP contribution in [0.2, 0.25) is 0 Å². The standard InChI is InChI=1S/C29H34BNO5/c1-28(2)20-15-23(28)29(3)24(16-20)35-30(36-29)25(14-19-17-34-22-13-9-8-12-21(19)22)31-27(32)26(33-4)18-10-6-5-7-11-18/h5-13,17,20,23-26H,14-16H2,1-4H3,(H,31,32)/t20-,23-,24+,25-,26?,29-/m0/s1. The van der Waals surface area contributed by atoms with E-state index < -0.39 is 19.2 Å². The van der Waals surface area contributed by atoms with Gasteiger partial charge in [0.25, 0.3) is 5.91 Å². The molecule has 7 heteroatoms. The average Bonchev–Trinajstić information content (AvgIpc) is 3.45. The number of nitrogens with one attached hydrogen (secondary N) is 1. The predicted molar refractivity (Wildman–Crippen MR) is 138 cm³/mol. The van der Waals surface area contributed by atoms with Crippen molar-refractivity contribution in [2.75, 3.05) is 7.11 Å². The monoisotopic (exact) mass is 487 g/mol. The zero-order chi connectivity index (χ0) is 25.1. The van der Waals surface area contributed by atoms with Crippen LogP contribution in [0.4, 0.5) is 0 Å². The Morgan fingerprint density at radius 1 is 1.11 bits per heavy atom. The second-order valence-electron chi connectivity index (χ2n) is 11.4. The Kier molecular flexibility index (Phi) is 5.78. The fourth-order valence-electron chi connectivity index (χ4n) is 6.99. The lowest BCUT2D eigenvalue weighted by Crippen LogP contribution is -2.65. The van der Waals surface area contributed by atoms with Crippen LogP contribution < -0.4 is 5.32 Å². The number of rotatable bonds is 7. The third-order valence-electron chi connectivity index (χ3n) is 9.20. The summed E-state index contributed by atoms with van der Waals surface area (Å²) in [6.07, 6.45) is 3.79. The minimum absolute atomic E-state index is 0.0344. The summed E-state index contributed by atoms with van der Waals surface area (Å²) in [5.74, 6) is 0.492. The molecule has 3 saturated carbocycles. The molecule has 1 amide bonds. The van der Waals surface area contributed by atoms with Gasteiger partial charge in [-0.05, 0) is 60.6 Å². The average molecular weight is 487 g/mol. The van der Waals surface area contributed by atoms with Gasteiger partial charge in [-0.1, -0.05) is 62.4 Å². The van der Waals surface area contributed by atoms with E-state index in [1.54, 1.807) is 13.4 Å². The molecule has 1 aromatic heterocycles. The van der Waals surface area contributed by atoms with Crippen molar-refractivity contribution in [2.24, 2.45) is 17.3 Å². The number of fused-ring (bicyclic) bond motifs is 1. The maximum absolute atomic E-state index is 13.5. The van der Waals surface area contributed by atoms with Crippen molar-refractivity contribution in [3.63, 3.8) is 0 Å². The Bertz CT molecular complexity index is 1260. The van der Waals surface area contributed by atoms with E-state index in [9.17, 15) is 4.79 Å². The first-order valence-electron chi connectivity index (χ1n) is 13.0. The van der Waals surface area contributed by atoms with Crippen LogP contribution in [0.25, 0.3) is 11.0 Å². The summed E-state index contributed by atoms with van der Waals surface area (Å²) < 4.78 is 24.8. The molecule has 1 N–H and O–H groups in total. The third-order valence-corrected chi connectivity index (χ3v) is 9.20. The van der Waals surface area contributed by atoms with Crippen LogP contribution in [0.5, 0.6) is 0 Å². The van der Waals surface area contributed by atoms with Gasteiger partial charge < -0.3 is 23.8 Å². The smallest absolute Gasteiger partial charge is 0.464 e. The number of carbonyl (C=O) groups excluding carboxylic acids is 1. The van der Waals surface area contributed by atoms with Gasteiger partial charge in [0.2, 0.25) is 0 Å². The van der Waals surface area contributed by atoms with Crippen molar-refractivity contribution >= 4 is 24.0 Å². The number of amides is 1. The van der Waals surface area contributed by atoms with Gasteiger partial charge in [0, 0.05) is 12.5 Å². The summed E-state index contributed by atoms with van der Waals surface area (Å²) >= 11 is 0. The fourth-order valence-corrected chi connectivity index (χ4v) is 6.99. The molecule has 6 atom stereocenters. The van der Waals surface area contributed by atoms with Crippen molar-refractivity contribution in [1.29, 1.82) is 0 Å². The molecule has 3 aliphatic carbocycles. The van der Waals surface area contributed by atoms with Crippen LogP contribution in [0.15, 0.2) is 65.3 Å². The number of furan rings is 1. The Hall–Kier alpha value is -2.61. The lowest BCUT2D eigenvalue weighted by molar-refractivity contribution is -0.199. The van der Waals surface area contributed by atoms with Gasteiger partial charge in [0.15, 0.2) is 6.10 Å². The number of ether oxygens (including phenoxy) is 1. The maximum atomic E-state index is 13.5. The van der Waals surface area contributed by atoms with Crippen LogP contribution in [0, 0.1) is 17.3 Å². The zero-order valence-corrected chi connectivity index (χ0v) is 21.4. The van der Waals surface area contributed by atoms with Gasteiger partial charge in [0.05, 0.1) is 23.9 Å². The number of para-hydroxylation sites is 1. The number of hydrogen-bond donors (Lipinski definition) is 1. The molecular formula is C29H34BNO5. The van der Waals surface area contributed by atoms with Crippen LogP contribution in [-0.2, 0) is 25.3 Å². The Labute approximate surface area is 212 Å². The Balaban J connectivity index is 1.29. The quantitative estimate of drug-likeness (QED) is 0.469. The highest BCUT2D eigenvalue weighted by Crippen LogP contribution is 2.65. The molecule has 36 heavy (non-hydrogen) atoms. The van der Waals surface area contributed by atoms with Crippen LogP contribution in [0.1, 0.15) is 50.8 Å². The molecule has 1 saturated heterocycles. The molecule has 4 aliphatic rings. The molecule has 2 heterocycles. The zero-order valence-electron chi connectivity index (χ0n) is 21.4. The van der Waals surface area contributed by atoms with Crippen molar-refractivity contribution < 1.29 is 23.3 Å². The first-order valence-corrected chi connectivity index (χ1v) is 13.0. The first kappa shape index (κ1) is 23.8. The highest BCUT2D eigenvalue weighted by Gasteiger charge is 2.68. The lowest BCUT2D eigenvalue weighted by atomic mass is 9.43. The van der Waals surface area contributed by atoms with Crippen molar-refractivity contribution in [3.8, 4) is 0 Å². The fraction of sp³-hybridized carbons (Fsp3) is 0.483. The Morgan fingerprint density at radius 2 is 1.86 bits per heavy atom. The topological polar surface area (TPSA) is 69.9 Å². The first-order chi connectivity index (χ1) is 17.3.